The van der Waals surface area contributed by atoms with E-state index in [2.05, 4.69) is 5.10 Å². The maximum absolute atomic E-state index is 12.8. The molecule has 1 heterocycles. The van der Waals surface area contributed by atoms with Crippen LogP contribution in [0.2, 0.25) is 10.0 Å². The monoisotopic (exact) mass is 382 g/mol. The average Bonchev–Trinajstić information content (AvgIpc) is 2.75. The molecule has 23 heavy (non-hydrogen) atoms. The number of thioether (sulfide) groups is 1. The zero-order valence-corrected chi connectivity index (χ0v) is 14.4. The van der Waals surface area contributed by atoms with Gasteiger partial charge in [-0.2, -0.15) is 18.3 Å². The number of rotatable bonds is 4. The maximum atomic E-state index is 12.8. The minimum absolute atomic E-state index is 0.116. The number of aromatic nitrogens is 2. The van der Waals surface area contributed by atoms with Crippen molar-refractivity contribution in [2.75, 3.05) is 5.75 Å². The van der Waals surface area contributed by atoms with Crippen molar-refractivity contribution in [2.45, 2.75) is 24.9 Å². The molecule has 0 unspecified atom stereocenters. The van der Waals surface area contributed by atoms with Gasteiger partial charge in [0, 0.05) is 0 Å². The third kappa shape index (κ3) is 3.51. The number of hydrogen-bond donors (Lipinski definition) is 0. The molecule has 0 aliphatic heterocycles. The Morgan fingerprint density at radius 1 is 1.30 bits per heavy atom. The van der Waals surface area contributed by atoms with E-state index in [1.165, 1.54) is 16.4 Å². The van der Waals surface area contributed by atoms with Gasteiger partial charge in [0.15, 0.2) is 6.29 Å². The van der Waals surface area contributed by atoms with Crippen LogP contribution in [0.4, 0.5) is 13.2 Å². The van der Waals surface area contributed by atoms with Crippen LogP contribution in [0.1, 0.15) is 28.7 Å². The van der Waals surface area contributed by atoms with Crippen LogP contribution in [-0.4, -0.2) is 21.8 Å². The van der Waals surface area contributed by atoms with Crippen molar-refractivity contribution in [3.63, 3.8) is 0 Å². The Morgan fingerprint density at radius 2 is 1.87 bits per heavy atom. The number of aldehydes is 1. The number of alkyl halides is 3. The third-order valence-electron chi connectivity index (χ3n) is 3.04. The highest BCUT2D eigenvalue weighted by Crippen LogP contribution is 2.39. The third-order valence-corrected chi connectivity index (χ3v) is 4.70. The van der Waals surface area contributed by atoms with Gasteiger partial charge in [0.1, 0.15) is 11.4 Å². The molecule has 1 aromatic heterocycles. The normalized spacial score (nSPS) is 11.8. The highest BCUT2D eigenvalue weighted by molar-refractivity contribution is 7.99. The summed E-state index contributed by atoms with van der Waals surface area (Å²) < 4.78 is 39.7. The van der Waals surface area contributed by atoms with Gasteiger partial charge in [0.25, 0.3) is 0 Å². The van der Waals surface area contributed by atoms with Gasteiger partial charge in [-0.3, -0.25) is 4.79 Å². The first-order valence-corrected chi connectivity index (χ1v) is 8.19. The second-order valence-electron chi connectivity index (χ2n) is 4.55. The Bertz CT molecular complexity index is 736. The summed E-state index contributed by atoms with van der Waals surface area (Å²) in [4.78, 5) is 11.8. The van der Waals surface area contributed by atoms with Gasteiger partial charge in [-0.25, -0.2) is 4.68 Å². The summed E-state index contributed by atoms with van der Waals surface area (Å²) in [7, 11) is 0. The molecule has 0 saturated heterocycles. The summed E-state index contributed by atoms with van der Waals surface area (Å²) in [6.07, 6.45) is -3.96. The molecule has 3 nitrogen and oxygen atoms in total. The Hall–Kier alpha value is -1.18. The van der Waals surface area contributed by atoms with Crippen molar-refractivity contribution in [1.82, 2.24) is 9.78 Å². The summed E-state index contributed by atoms with van der Waals surface area (Å²) in [5.41, 5.74) is -0.0476. The number of carbonyl (C=O) groups is 1. The molecule has 0 fully saturated rings. The van der Waals surface area contributed by atoms with Gasteiger partial charge in [-0.1, -0.05) is 30.1 Å². The van der Waals surface area contributed by atoms with Crippen LogP contribution in [0.3, 0.4) is 0 Å². The number of carbonyl (C=O) groups excluding carboxylic acids is 1. The second-order valence-corrected chi connectivity index (χ2v) is 6.64. The first kappa shape index (κ1) is 18.2. The van der Waals surface area contributed by atoms with Crippen LogP contribution in [0.5, 0.6) is 0 Å². The summed E-state index contributed by atoms with van der Waals surface area (Å²) in [6.45, 7) is 3.61. The number of hydrogen-bond acceptors (Lipinski definition) is 3. The molecule has 0 N–H and O–H groups in total. The van der Waals surface area contributed by atoms with Crippen LogP contribution < -0.4 is 0 Å². The Balaban J connectivity index is 2.66. The quantitative estimate of drug-likeness (QED) is 0.522. The fraction of sp³-hybridized carbons (Fsp3) is 0.286. The molecule has 2 rings (SSSR count). The molecule has 2 aromatic rings. The molecule has 1 aromatic carbocycles. The summed E-state index contributed by atoms with van der Waals surface area (Å²) in [6, 6.07) is 1.58. The molecular weight excluding hydrogens is 372 g/mol. The van der Waals surface area contributed by atoms with Crippen molar-refractivity contribution in [2.24, 2.45) is 0 Å². The Labute approximate surface area is 144 Å². The minimum atomic E-state index is -4.55. The first-order chi connectivity index (χ1) is 10.7. The number of benzene rings is 1. The predicted molar refractivity (Wildman–Crippen MR) is 85.1 cm³/mol. The lowest BCUT2D eigenvalue weighted by atomic mass is 10.2. The van der Waals surface area contributed by atoms with Gasteiger partial charge in [0.05, 0.1) is 26.2 Å². The molecule has 0 saturated carbocycles. The second kappa shape index (κ2) is 6.75. The summed E-state index contributed by atoms with van der Waals surface area (Å²) >= 11 is 13.4. The van der Waals surface area contributed by atoms with E-state index in [1.54, 1.807) is 6.92 Å². The van der Waals surface area contributed by atoms with Crippen molar-refractivity contribution in [3.8, 4) is 5.69 Å². The summed E-state index contributed by atoms with van der Waals surface area (Å²) in [5, 5.41) is 3.72. The van der Waals surface area contributed by atoms with E-state index in [9.17, 15) is 18.0 Å². The molecule has 0 radical (unpaired) electrons. The lowest BCUT2D eigenvalue weighted by Gasteiger charge is -2.13. The van der Waals surface area contributed by atoms with Crippen LogP contribution in [0.25, 0.3) is 5.69 Å². The number of halogens is 5. The maximum Gasteiger partial charge on any atom is 0.416 e. The fourth-order valence-corrected chi connectivity index (χ4v) is 3.53. The lowest BCUT2D eigenvalue weighted by molar-refractivity contribution is -0.137. The zero-order valence-electron chi connectivity index (χ0n) is 12.0. The van der Waals surface area contributed by atoms with E-state index < -0.39 is 11.7 Å². The van der Waals surface area contributed by atoms with E-state index >= 15 is 0 Å². The number of nitrogens with zero attached hydrogens (tertiary/aromatic N) is 2. The van der Waals surface area contributed by atoms with E-state index in [4.69, 9.17) is 23.2 Å². The van der Waals surface area contributed by atoms with E-state index in [-0.39, 0.29) is 21.4 Å². The van der Waals surface area contributed by atoms with Crippen molar-refractivity contribution < 1.29 is 18.0 Å². The van der Waals surface area contributed by atoms with Gasteiger partial charge >= 0.3 is 6.18 Å². The predicted octanol–water partition coefficient (Wildman–Crippen LogP) is 5.43. The van der Waals surface area contributed by atoms with Crippen molar-refractivity contribution >= 4 is 41.2 Å². The Kier molecular flexibility index (Phi) is 5.33. The summed E-state index contributed by atoms with van der Waals surface area (Å²) in [5.74, 6) is 0.710. The standard InChI is InChI=1S/C14H11Cl2F3N2OS/c1-3-23-13-7(2)21(20-11(13)6-22)12-9(15)4-8(5-10(12)16)14(17,18)19/h4-6H,3H2,1-2H3. The van der Waals surface area contributed by atoms with E-state index in [1.807, 2.05) is 6.92 Å². The van der Waals surface area contributed by atoms with Crippen molar-refractivity contribution in [3.05, 3.63) is 39.1 Å². The molecule has 0 bridgehead atoms. The molecule has 0 amide bonds. The Morgan fingerprint density at radius 3 is 2.30 bits per heavy atom. The van der Waals surface area contributed by atoms with Crippen LogP contribution >= 0.6 is 35.0 Å². The highest BCUT2D eigenvalue weighted by Gasteiger charge is 2.32. The van der Waals surface area contributed by atoms with Crippen LogP contribution in [0, 0.1) is 6.92 Å². The minimum Gasteiger partial charge on any atom is -0.296 e. The van der Waals surface area contributed by atoms with Gasteiger partial charge in [0.2, 0.25) is 0 Å². The topological polar surface area (TPSA) is 34.9 Å². The van der Waals surface area contributed by atoms with Gasteiger partial charge in [-0.05, 0) is 24.8 Å². The molecule has 9 heteroatoms. The van der Waals surface area contributed by atoms with E-state index in [0.717, 1.165) is 12.1 Å². The van der Waals surface area contributed by atoms with Crippen molar-refractivity contribution in [1.29, 1.82) is 0 Å². The zero-order chi connectivity index (χ0) is 17.4. The lowest BCUT2D eigenvalue weighted by Crippen LogP contribution is -2.08. The molecule has 0 atom stereocenters. The molecule has 0 aliphatic rings. The average molecular weight is 383 g/mol. The molecule has 124 valence electrons. The first-order valence-electron chi connectivity index (χ1n) is 6.44. The van der Waals surface area contributed by atoms with Gasteiger partial charge < -0.3 is 0 Å². The van der Waals surface area contributed by atoms with E-state index in [0.29, 0.717) is 22.6 Å². The fourth-order valence-electron chi connectivity index (χ4n) is 2.06. The molecular formula is C14H11Cl2F3N2OS. The molecule has 0 aliphatic carbocycles. The largest absolute Gasteiger partial charge is 0.416 e. The highest BCUT2D eigenvalue weighted by atomic mass is 35.5. The van der Waals surface area contributed by atoms with Crippen LogP contribution in [0.15, 0.2) is 17.0 Å². The molecule has 0 spiro atoms. The van der Waals surface area contributed by atoms with Crippen LogP contribution in [-0.2, 0) is 6.18 Å². The van der Waals surface area contributed by atoms with Gasteiger partial charge in [-0.15, -0.1) is 11.8 Å². The smallest absolute Gasteiger partial charge is 0.296 e. The SMILES string of the molecule is CCSc1c(C=O)nn(-c2c(Cl)cc(C(F)(F)F)cc2Cl)c1C.